The summed E-state index contributed by atoms with van der Waals surface area (Å²) < 4.78 is 4.92. The molecule has 0 spiro atoms. The van der Waals surface area contributed by atoms with Crippen molar-refractivity contribution in [2.24, 2.45) is 0 Å². The van der Waals surface area contributed by atoms with Crippen LogP contribution in [-0.4, -0.2) is 37.1 Å². The molecule has 1 unspecified atom stereocenters. The molecule has 20 heavy (non-hydrogen) atoms. The average Bonchev–Trinajstić information content (AvgIpc) is 2.85. The first-order valence-electron chi connectivity index (χ1n) is 5.64. The third kappa shape index (κ3) is 2.94. The molecule has 9 nitrogen and oxygen atoms in total. The standard InChI is InChI=1S/C11H11N5O4/c1-5(10-15-6(2)16-20-10)14-9(17)7-3-13-8(4-12-7)11(18)19/h3-5H,1-2H3,(H,14,17)(H,18,19). The first kappa shape index (κ1) is 13.6. The lowest BCUT2D eigenvalue weighted by Gasteiger charge is -2.08. The number of carboxylic acid groups (broad SMARTS) is 1. The van der Waals surface area contributed by atoms with Gasteiger partial charge in [-0.15, -0.1) is 0 Å². The van der Waals surface area contributed by atoms with Gasteiger partial charge in [0.2, 0.25) is 5.89 Å². The molecule has 0 saturated heterocycles. The summed E-state index contributed by atoms with van der Waals surface area (Å²) in [6, 6.07) is -0.496. The Balaban J connectivity index is 2.06. The van der Waals surface area contributed by atoms with Gasteiger partial charge in [0.1, 0.15) is 11.7 Å². The van der Waals surface area contributed by atoms with E-state index in [2.05, 4.69) is 25.4 Å². The molecule has 2 rings (SSSR count). The molecule has 0 radical (unpaired) electrons. The second-order valence-electron chi connectivity index (χ2n) is 3.97. The number of amides is 1. The number of carbonyl (C=O) groups is 2. The van der Waals surface area contributed by atoms with Crippen LogP contribution < -0.4 is 5.32 Å². The van der Waals surface area contributed by atoms with E-state index in [4.69, 9.17) is 9.63 Å². The van der Waals surface area contributed by atoms with Crippen LogP contribution in [0.15, 0.2) is 16.9 Å². The number of aryl methyl sites for hydroxylation is 1. The number of nitrogens with zero attached hydrogens (tertiary/aromatic N) is 4. The fourth-order valence-electron chi connectivity index (χ4n) is 1.38. The smallest absolute Gasteiger partial charge is 0.356 e. The van der Waals surface area contributed by atoms with Gasteiger partial charge < -0.3 is 14.9 Å². The summed E-state index contributed by atoms with van der Waals surface area (Å²) in [7, 11) is 0. The molecule has 9 heteroatoms. The number of rotatable bonds is 4. The van der Waals surface area contributed by atoms with Crippen molar-refractivity contribution >= 4 is 11.9 Å². The van der Waals surface area contributed by atoms with Gasteiger partial charge >= 0.3 is 5.97 Å². The molecule has 0 fully saturated rings. The summed E-state index contributed by atoms with van der Waals surface area (Å²) in [6.07, 6.45) is 2.10. The van der Waals surface area contributed by atoms with E-state index in [1.165, 1.54) is 0 Å². The number of carboxylic acids is 1. The molecule has 104 valence electrons. The molecular formula is C11H11N5O4. The highest BCUT2D eigenvalue weighted by atomic mass is 16.5. The Morgan fingerprint density at radius 3 is 2.45 bits per heavy atom. The van der Waals surface area contributed by atoms with Crippen molar-refractivity contribution in [3.05, 3.63) is 35.5 Å². The Morgan fingerprint density at radius 2 is 1.95 bits per heavy atom. The van der Waals surface area contributed by atoms with Gasteiger partial charge in [-0.2, -0.15) is 4.98 Å². The second-order valence-corrected chi connectivity index (χ2v) is 3.97. The highest BCUT2D eigenvalue weighted by Gasteiger charge is 2.18. The van der Waals surface area contributed by atoms with Gasteiger partial charge in [0, 0.05) is 0 Å². The maximum atomic E-state index is 11.9. The van der Waals surface area contributed by atoms with Crippen LogP contribution in [0.1, 0.15) is 45.7 Å². The summed E-state index contributed by atoms with van der Waals surface area (Å²) in [4.78, 5) is 33.8. The zero-order chi connectivity index (χ0) is 14.7. The number of carbonyl (C=O) groups excluding carboxylic acids is 1. The second kappa shape index (κ2) is 5.43. The predicted octanol–water partition coefficient (Wildman–Crippen LogP) is 0.357. The Bertz CT molecular complexity index is 637. The third-order valence-corrected chi connectivity index (χ3v) is 2.36. The van der Waals surface area contributed by atoms with Crippen LogP contribution in [-0.2, 0) is 0 Å². The monoisotopic (exact) mass is 277 g/mol. The lowest BCUT2D eigenvalue weighted by Crippen LogP contribution is -2.28. The molecule has 1 atom stereocenters. The first-order chi connectivity index (χ1) is 9.47. The van der Waals surface area contributed by atoms with Crippen LogP contribution in [0.5, 0.6) is 0 Å². The summed E-state index contributed by atoms with van der Waals surface area (Å²) >= 11 is 0. The third-order valence-electron chi connectivity index (χ3n) is 2.36. The lowest BCUT2D eigenvalue weighted by molar-refractivity contribution is 0.0689. The quantitative estimate of drug-likeness (QED) is 0.818. The van der Waals surface area contributed by atoms with Crippen LogP contribution in [0.3, 0.4) is 0 Å². The molecule has 0 aliphatic carbocycles. The van der Waals surface area contributed by atoms with E-state index in [1.54, 1.807) is 13.8 Å². The van der Waals surface area contributed by atoms with Crippen LogP contribution in [0.25, 0.3) is 0 Å². The zero-order valence-electron chi connectivity index (χ0n) is 10.7. The van der Waals surface area contributed by atoms with Gasteiger partial charge in [-0.1, -0.05) is 5.16 Å². The van der Waals surface area contributed by atoms with Crippen molar-refractivity contribution in [2.75, 3.05) is 0 Å². The SMILES string of the molecule is Cc1noc(C(C)NC(=O)c2cnc(C(=O)O)cn2)n1. The lowest BCUT2D eigenvalue weighted by atomic mass is 10.3. The normalized spacial score (nSPS) is 11.9. The highest BCUT2D eigenvalue weighted by Crippen LogP contribution is 2.09. The van der Waals surface area contributed by atoms with Crippen molar-refractivity contribution in [2.45, 2.75) is 19.9 Å². The van der Waals surface area contributed by atoms with E-state index < -0.39 is 17.9 Å². The van der Waals surface area contributed by atoms with E-state index in [1.807, 2.05) is 0 Å². The molecule has 0 bridgehead atoms. The van der Waals surface area contributed by atoms with Crippen molar-refractivity contribution in [1.82, 2.24) is 25.4 Å². The maximum absolute atomic E-state index is 11.9. The van der Waals surface area contributed by atoms with Crippen LogP contribution in [0, 0.1) is 6.92 Å². The Hall–Kier alpha value is -2.84. The van der Waals surface area contributed by atoms with Gasteiger partial charge in [0.25, 0.3) is 5.91 Å². The summed E-state index contributed by atoms with van der Waals surface area (Å²) in [5.74, 6) is -0.991. The minimum atomic E-state index is -1.21. The number of aromatic nitrogens is 4. The number of aromatic carboxylic acids is 1. The minimum Gasteiger partial charge on any atom is -0.476 e. The molecule has 2 N–H and O–H groups in total. The Labute approximate surface area is 113 Å². The molecule has 2 aromatic rings. The van der Waals surface area contributed by atoms with Gasteiger partial charge in [-0.05, 0) is 13.8 Å². The van der Waals surface area contributed by atoms with E-state index in [-0.39, 0.29) is 17.3 Å². The number of hydrogen-bond donors (Lipinski definition) is 2. The summed E-state index contributed by atoms with van der Waals surface area (Å²) in [5.41, 5.74) is -0.236. The van der Waals surface area contributed by atoms with Crippen molar-refractivity contribution < 1.29 is 19.2 Å². The topological polar surface area (TPSA) is 131 Å². The summed E-state index contributed by atoms with van der Waals surface area (Å²) in [6.45, 7) is 3.33. The molecule has 1 amide bonds. The fourth-order valence-corrected chi connectivity index (χ4v) is 1.38. The van der Waals surface area contributed by atoms with Crippen molar-refractivity contribution in [3.8, 4) is 0 Å². The van der Waals surface area contributed by atoms with Gasteiger partial charge in [0.15, 0.2) is 11.5 Å². The van der Waals surface area contributed by atoms with Crippen molar-refractivity contribution in [1.29, 1.82) is 0 Å². The molecule has 2 aromatic heterocycles. The van der Waals surface area contributed by atoms with Crippen LogP contribution in [0.2, 0.25) is 0 Å². The average molecular weight is 277 g/mol. The van der Waals surface area contributed by atoms with E-state index in [0.717, 1.165) is 12.4 Å². The molecule has 0 aromatic carbocycles. The largest absolute Gasteiger partial charge is 0.476 e. The first-order valence-corrected chi connectivity index (χ1v) is 5.64. The fraction of sp³-hybridized carbons (Fsp3) is 0.273. The molecule has 0 aliphatic heterocycles. The van der Waals surface area contributed by atoms with Crippen LogP contribution in [0.4, 0.5) is 0 Å². The van der Waals surface area contributed by atoms with E-state index in [0.29, 0.717) is 5.82 Å². The van der Waals surface area contributed by atoms with Gasteiger partial charge in [-0.25, -0.2) is 14.8 Å². The minimum absolute atomic E-state index is 0.00177. The number of hydrogen-bond acceptors (Lipinski definition) is 7. The van der Waals surface area contributed by atoms with Gasteiger partial charge in [0.05, 0.1) is 12.4 Å². The molecule has 2 heterocycles. The van der Waals surface area contributed by atoms with E-state index in [9.17, 15) is 9.59 Å². The highest BCUT2D eigenvalue weighted by molar-refractivity contribution is 5.92. The Morgan fingerprint density at radius 1 is 1.30 bits per heavy atom. The maximum Gasteiger partial charge on any atom is 0.356 e. The zero-order valence-corrected chi connectivity index (χ0v) is 10.7. The molecule has 0 aliphatic rings. The van der Waals surface area contributed by atoms with Crippen LogP contribution >= 0.6 is 0 Å². The predicted molar refractivity (Wildman–Crippen MR) is 63.9 cm³/mol. The Kier molecular flexibility index (Phi) is 3.69. The van der Waals surface area contributed by atoms with E-state index >= 15 is 0 Å². The van der Waals surface area contributed by atoms with Crippen molar-refractivity contribution in [3.63, 3.8) is 0 Å². The number of nitrogens with one attached hydrogen (secondary N) is 1. The van der Waals surface area contributed by atoms with Gasteiger partial charge in [-0.3, -0.25) is 4.79 Å². The molecular weight excluding hydrogens is 266 g/mol. The summed E-state index contributed by atoms with van der Waals surface area (Å²) in [5, 5.41) is 14.9. The molecule has 0 saturated carbocycles.